The fraction of sp³-hybridized carbons (Fsp3) is 0.875. The molecule has 0 rings (SSSR count). The molecule has 90 valence electrons. The second-order valence-corrected chi connectivity index (χ2v) is 5.90. The lowest BCUT2D eigenvalue weighted by atomic mass is 10.4. The number of quaternary nitrogens is 1. The van der Waals surface area contributed by atoms with Crippen molar-refractivity contribution in [1.29, 1.82) is 0 Å². The molecule has 0 aromatic rings. The quantitative estimate of drug-likeness (QED) is 0.279. The third-order valence-electron chi connectivity index (χ3n) is 1.49. The number of hydrogen-bond acceptors (Lipinski definition) is 3. The van der Waals surface area contributed by atoms with Crippen molar-refractivity contribution in [3.63, 3.8) is 0 Å². The van der Waals surface area contributed by atoms with Gasteiger partial charge in [-0.05, 0) is 0 Å². The fourth-order valence-electron chi connectivity index (χ4n) is 0.858. The first-order valence-corrected chi connectivity index (χ1v) is 5.79. The van der Waals surface area contributed by atoms with Gasteiger partial charge in [0, 0.05) is 0 Å². The van der Waals surface area contributed by atoms with Crippen LogP contribution in [0.5, 0.6) is 0 Å². The number of aliphatic hydroxyl groups excluding tert-OH is 3. The van der Waals surface area contributed by atoms with Crippen molar-refractivity contribution in [3.05, 3.63) is 0 Å². The smallest absolute Gasteiger partial charge is 0.274 e. The number of rotatable bonds is 5. The minimum absolute atomic E-state index is 0. The topological polar surface area (TPSA) is 83.8 Å². The molecule has 0 saturated carbocycles. The maximum atomic E-state index is 11.4. The molecule has 0 amide bonds. The third-order valence-corrected chi connectivity index (χ3v) is 2.96. The van der Waals surface area contributed by atoms with Crippen LogP contribution in [0.15, 0.2) is 0 Å². The van der Waals surface area contributed by atoms with E-state index in [9.17, 15) is 10.00 Å². The van der Waals surface area contributed by atoms with E-state index in [0.29, 0.717) is 4.48 Å². The normalized spacial score (nSPS) is 15.4. The number of likely N-dealkylation sites (N-methyl/N-ethyl adjacent to an activating group) is 1. The highest BCUT2D eigenvalue weighted by Gasteiger charge is 2.19. The Kier molecular flexibility index (Phi) is 9.21. The standard InChI is InChI=1S/C8H18NO4P.Al.3H/c1-9(2,3)4-8(12)14(13)6-7(11)5-10;;;;/h7,10-11H,4-6H2,1-3H3;;;;/p+1. The first kappa shape index (κ1) is 17.9. The van der Waals surface area contributed by atoms with Crippen LogP contribution in [0.1, 0.15) is 0 Å². The van der Waals surface area contributed by atoms with Crippen LogP contribution in [-0.2, 0) is 0 Å². The molecular formula is C8H22AlNO4P+. The van der Waals surface area contributed by atoms with Crippen molar-refractivity contribution in [1.82, 2.24) is 0 Å². The molecule has 3 N–H and O–H groups in total. The molecule has 0 aliphatic rings. The molecule has 0 aliphatic carbocycles. The fourth-order valence-corrected chi connectivity index (χ4v) is 2.15. The summed E-state index contributed by atoms with van der Waals surface area (Å²) in [6, 6.07) is 0. The van der Waals surface area contributed by atoms with Crippen LogP contribution in [-0.4, -0.2) is 89.2 Å². The summed E-state index contributed by atoms with van der Waals surface area (Å²) < 4.78 is 0.474. The summed E-state index contributed by atoms with van der Waals surface area (Å²) in [5, 5.41) is 27.0. The minimum atomic E-state index is -1.95. The molecule has 0 aromatic heterocycles. The van der Waals surface area contributed by atoms with Gasteiger partial charge < -0.3 is 24.7 Å². The van der Waals surface area contributed by atoms with Crippen molar-refractivity contribution < 1.29 is 24.7 Å². The third kappa shape index (κ3) is 9.43. The van der Waals surface area contributed by atoms with Gasteiger partial charge >= 0.3 is 0 Å². The lowest BCUT2D eigenvalue weighted by molar-refractivity contribution is -0.861. The molecule has 2 atom stereocenters. The van der Waals surface area contributed by atoms with E-state index < -0.39 is 20.5 Å². The molecule has 0 fully saturated rings. The maximum absolute atomic E-state index is 11.4. The van der Waals surface area contributed by atoms with Crippen molar-refractivity contribution >= 4 is 30.6 Å². The molecule has 7 heteroatoms. The van der Waals surface area contributed by atoms with Gasteiger partial charge in [0.1, 0.15) is 12.3 Å². The van der Waals surface area contributed by atoms with Crippen molar-refractivity contribution in [2.45, 2.75) is 6.10 Å². The van der Waals surface area contributed by atoms with Crippen LogP contribution in [0.2, 0.25) is 0 Å². The first-order valence-electron chi connectivity index (χ1n) is 4.35. The molecule has 0 aliphatic heterocycles. The minimum Gasteiger partial charge on any atom is -0.628 e. The van der Waals surface area contributed by atoms with E-state index >= 15 is 0 Å². The van der Waals surface area contributed by atoms with Gasteiger partial charge in [-0.3, -0.25) is 0 Å². The van der Waals surface area contributed by atoms with Crippen LogP contribution >= 0.6 is 7.77 Å². The average molecular weight is 254 g/mol. The summed E-state index contributed by atoms with van der Waals surface area (Å²) in [5.41, 5.74) is -0.111. The molecule has 0 spiro atoms. The summed E-state index contributed by atoms with van der Waals surface area (Å²) in [6.45, 7) is -0.147. The Morgan fingerprint density at radius 1 is 1.40 bits per heavy atom. The number of nitrogens with zero attached hydrogens (tertiary/aromatic N) is 1. The molecule has 2 unspecified atom stereocenters. The van der Waals surface area contributed by atoms with Gasteiger partial charge in [0.25, 0.3) is 5.48 Å². The second kappa shape index (κ2) is 7.72. The largest absolute Gasteiger partial charge is 0.628 e. The predicted octanol–water partition coefficient (Wildman–Crippen LogP) is -2.88. The van der Waals surface area contributed by atoms with Crippen molar-refractivity contribution in [3.8, 4) is 0 Å². The van der Waals surface area contributed by atoms with Crippen molar-refractivity contribution in [2.75, 3.05) is 40.5 Å². The second-order valence-electron chi connectivity index (χ2n) is 4.26. The number of hydrogen-bond donors (Lipinski definition) is 3. The number of aliphatic hydroxyl groups is 3. The molecule has 0 heterocycles. The van der Waals surface area contributed by atoms with Gasteiger partial charge in [0.05, 0.1) is 35.5 Å². The lowest BCUT2D eigenvalue weighted by Gasteiger charge is -2.22. The Morgan fingerprint density at radius 3 is 2.20 bits per heavy atom. The highest BCUT2D eigenvalue weighted by atomic mass is 31.1. The van der Waals surface area contributed by atoms with Gasteiger partial charge in [0.15, 0.2) is 23.9 Å². The molecule has 15 heavy (non-hydrogen) atoms. The van der Waals surface area contributed by atoms with E-state index in [1.807, 2.05) is 21.1 Å². The summed E-state index contributed by atoms with van der Waals surface area (Å²) in [5.74, 6) is 0. The highest BCUT2D eigenvalue weighted by Crippen LogP contribution is 2.15. The highest BCUT2D eigenvalue weighted by molar-refractivity contribution is 7.51. The summed E-state index contributed by atoms with van der Waals surface area (Å²) in [6.07, 6.45) is -1.11. The van der Waals surface area contributed by atoms with Gasteiger partial charge in [-0.1, -0.05) is 0 Å². The molecule has 0 bridgehead atoms. The van der Waals surface area contributed by atoms with Gasteiger partial charge in [-0.25, -0.2) is 0 Å². The van der Waals surface area contributed by atoms with E-state index in [-0.39, 0.29) is 35.5 Å². The van der Waals surface area contributed by atoms with E-state index in [1.165, 1.54) is 0 Å². The molecule has 0 saturated heterocycles. The Labute approximate surface area is 102 Å². The Hall–Kier alpha value is 0.502. The Bertz CT molecular complexity index is 217. The van der Waals surface area contributed by atoms with E-state index in [0.717, 1.165) is 0 Å². The van der Waals surface area contributed by atoms with Crippen LogP contribution in [0.25, 0.3) is 0 Å². The Morgan fingerprint density at radius 2 is 1.87 bits per heavy atom. The molecular weight excluding hydrogens is 232 g/mol. The zero-order valence-electron chi connectivity index (χ0n) is 8.84. The van der Waals surface area contributed by atoms with Crippen molar-refractivity contribution in [2.24, 2.45) is 0 Å². The van der Waals surface area contributed by atoms with Gasteiger partial charge in [-0.15, -0.1) is 0 Å². The Balaban J connectivity index is 0. The molecule has 0 radical (unpaired) electrons. The van der Waals surface area contributed by atoms with Crippen LogP contribution in [0.4, 0.5) is 0 Å². The molecule has 5 nitrogen and oxygen atoms in total. The van der Waals surface area contributed by atoms with Gasteiger partial charge in [0.2, 0.25) is 0 Å². The first-order chi connectivity index (χ1) is 6.26. The zero-order valence-corrected chi connectivity index (χ0v) is 9.74. The van der Waals surface area contributed by atoms with E-state index in [2.05, 4.69) is 0 Å². The predicted molar refractivity (Wildman–Crippen MR) is 64.7 cm³/mol. The average Bonchev–Trinajstić information content (AvgIpc) is 2.00. The summed E-state index contributed by atoms with van der Waals surface area (Å²) in [4.78, 5) is 11.4. The molecule has 0 aromatic carbocycles. The van der Waals surface area contributed by atoms with E-state index in [1.54, 1.807) is 0 Å². The summed E-state index contributed by atoms with van der Waals surface area (Å²) >= 11 is 0. The van der Waals surface area contributed by atoms with Gasteiger partial charge in [-0.2, -0.15) is 0 Å². The summed E-state index contributed by atoms with van der Waals surface area (Å²) in [7, 11) is 3.63. The van der Waals surface area contributed by atoms with Crippen LogP contribution < -0.4 is 4.89 Å². The maximum Gasteiger partial charge on any atom is 0.274 e. The monoisotopic (exact) mass is 254 g/mol. The SMILES string of the molecule is C[N+](C)(C)C/C(O)=[P+](\[O-])CC(O)CO.[AlH3]. The van der Waals surface area contributed by atoms with Crippen LogP contribution in [0.3, 0.4) is 0 Å². The zero-order chi connectivity index (χ0) is 11.4. The van der Waals surface area contributed by atoms with E-state index in [4.69, 9.17) is 10.2 Å². The lowest BCUT2D eigenvalue weighted by Crippen LogP contribution is -2.40. The van der Waals surface area contributed by atoms with Crippen LogP contribution in [0, 0.1) is 0 Å².